The third-order valence-corrected chi connectivity index (χ3v) is 4.07. The van der Waals surface area contributed by atoms with Crippen LogP contribution in [-0.2, 0) is 10.0 Å². The predicted molar refractivity (Wildman–Crippen MR) is 46.7 cm³/mol. The number of rotatable bonds is 3. The largest absolute Gasteiger partial charge is 0.391 e. The zero-order valence-electron chi connectivity index (χ0n) is 6.61. The molecule has 1 fully saturated rings. The second-order valence-corrected chi connectivity index (χ2v) is 5.23. The van der Waals surface area contributed by atoms with Gasteiger partial charge in [0, 0.05) is 19.0 Å². The fraction of sp³-hybridized carbons (Fsp3) is 1.00. The number of β-amino-alcohol motifs (C(OH)–C–C–N with tert-alkyl or cyclic N) is 1. The molecule has 1 aliphatic rings. The van der Waals surface area contributed by atoms with Gasteiger partial charge in [-0.05, 0) is 6.42 Å². The third kappa shape index (κ3) is 2.32. The molecule has 0 aromatic heterocycles. The van der Waals surface area contributed by atoms with Crippen LogP contribution in [0.25, 0.3) is 0 Å². The Morgan fingerprint density at radius 2 is 2.25 bits per heavy atom. The number of aliphatic hydroxyl groups is 1. The third-order valence-electron chi connectivity index (χ3n) is 1.80. The minimum atomic E-state index is -3.08. The molecule has 6 heteroatoms. The molecule has 0 radical (unpaired) electrons. The Morgan fingerprint density at radius 1 is 1.58 bits per heavy atom. The molecular weight excluding hydrogens is 202 g/mol. The van der Waals surface area contributed by atoms with Gasteiger partial charge >= 0.3 is 0 Å². The first-order valence-electron chi connectivity index (χ1n) is 3.78. The van der Waals surface area contributed by atoms with E-state index in [1.54, 1.807) is 0 Å². The highest BCUT2D eigenvalue weighted by Crippen LogP contribution is 2.13. The van der Waals surface area contributed by atoms with Crippen LogP contribution in [0.1, 0.15) is 6.42 Å². The van der Waals surface area contributed by atoms with Gasteiger partial charge in [0.2, 0.25) is 10.0 Å². The van der Waals surface area contributed by atoms with Crippen LogP contribution in [0.2, 0.25) is 0 Å². The molecule has 1 atom stereocenters. The topological polar surface area (TPSA) is 57.6 Å². The van der Waals surface area contributed by atoms with Crippen molar-refractivity contribution in [2.45, 2.75) is 12.5 Å². The summed E-state index contributed by atoms with van der Waals surface area (Å²) >= 11 is 5.35. The summed E-state index contributed by atoms with van der Waals surface area (Å²) in [6.45, 7) is 0.641. The van der Waals surface area contributed by atoms with E-state index in [2.05, 4.69) is 0 Å². The van der Waals surface area contributed by atoms with E-state index in [0.717, 1.165) is 0 Å². The van der Waals surface area contributed by atoms with E-state index >= 15 is 0 Å². The molecule has 0 spiro atoms. The lowest BCUT2D eigenvalue weighted by molar-refractivity contribution is 0.169. The second-order valence-electron chi connectivity index (χ2n) is 2.84. The minimum absolute atomic E-state index is 0.0754. The van der Waals surface area contributed by atoms with Gasteiger partial charge < -0.3 is 5.11 Å². The smallest absolute Gasteiger partial charge is 0.214 e. The lowest BCUT2D eigenvalue weighted by Gasteiger charge is -2.16. The number of hydrogen-bond acceptors (Lipinski definition) is 3. The highest BCUT2D eigenvalue weighted by atomic mass is 35.5. The van der Waals surface area contributed by atoms with E-state index in [9.17, 15) is 8.42 Å². The summed E-state index contributed by atoms with van der Waals surface area (Å²) in [6, 6.07) is 0. The zero-order valence-corrected chi connectivity index (χ0v) is 8.18. The van der Waals surface area contributed by atoms with Crippen LogP contribution in [0.4, 0.5) is 0 Å². The van der Waals surface area contributed by atoms with Crippen molar-refractivity contribution in [3.63, 3.8) is 0 Å². The van der Waals surface area contributed by atoms with Crippen molar-refractivity contribution in [1.29, 1.82) is 0 Å². The molecule has 0 aliphatic carbocycles. The molecule has 1 aliphatic heterocycles. The SMILES string of the molecule is O=S1(=O)CCCN1CC(O)CCl. The van der Waals surface area contributed by atoms with Crippen molar-refractivity contribution in [2.24, 2.45) is 0 Å². The molecule has 0 aromatic carbocycles. The van der Waals surface area contributed by atoms with Crippen molar-refractivity contribution in [1.82, 2.24) is 4.31 Å². The van der Waals surface area contributed by atoms with Crippen LogP contribution in [0, 0.1) is 0 Å². The van der Waals surface area contributed by atoms with E-state index < -0.39 is 16.1 Å². The van der Waals surface area contributed by atoms with Gasteiger partial charge in [-0.3, -0.25) is 0 Å². The van der Waals surface area contributed by atoms with Crippen molar-refractivity contribution >= 4 is 21.6 Å². The first kappa shape index (κ1) is 10.2. The average molecular weight is 214 g/mol. The monoisotopic (exact) mass is 213 g/mol. The molecule has 12 heavy (non-hydrogen) atoms. The van der Waals surface area contributed by atoms with E-state index in [-0.39, 0.29) is 18.2 Å². The Bertz CT molecular complexity index is 241. The number of nitrogens with zero attached hydrogens (tertiary/aromatic N) is 1. The van der Waals surface area contributed by atoms with Crippen LogP contribution in [0.3, 0.4) is 0 Å². The molecule has 1 unspecified atom stereocenters. The number of halogens is 1. The van der Waals surface area contributed by atoms with E-state index in [4.69, 9.17) is 16.7 Å². The molecule has 0 aromatic rings. The van der Waals surface area contributed by atoms with Crippen molar-refractivity contribution in [2.75, 3.05) is 24.7 Å². The van der Waals surface area contributed by atoms with Gasteiger partial charge in [0.1, 0.15) is 0 Å². The average Bonchev–Trinajstić information content (AvgIpc) is 2.31. The highest BCUT2D eigenvalue weighted by molar-refractivity contribution is 7.89. The van der Waals surface area contributed by atoms with Crippen LogP contribution >= 0.6 is 11.6 Å². The Labute approximate surface area is 77.2 Å². The van der Waals surface area contributed by atoms with Gasteiger partial charge in [0.15, 0.2) is 0 Å². The quantitative estimate of drug-likeness (QED) is 0.651. The Balaban J connectivity index is 2.53. The van der Waals surface area contributed by atoms with Gasteiger partial charge in [-0.1, -0.05) is 0 Å². The molecule has 1 rings (SSSR count). The molecule has 0 bridgehead atoms. The summed E-state index contributed by atoms with van der Waals surface area (Å²) in [5.74, 6) is 0.272. The highest BCUT2D eigenvalue weighted by Gasteiger charge is 2.29. The first-order chi connectivity index (χ1) is 5.56. The zero-order chi connectivity index (χ0) is 9.19. The fourth-order valence-electron chi connectivity index (χ4n) is 1.18. The normalized spacial score (nSPS) is 25.8. The minimum Gasteiger partial charge on any atom is -0.391 e. The maximum Gasteiger partial charge on any atom is 0.214 e. The van der Waals surface area contributed by atoms with Crippen LogP contribution in [-0.4, -0.2) is 48.7 Å². The Hall–Kier alpha value is 0.160. The van der Waals surface area contributed by atoms with E-state index in [1.165, 1.54) is 4.31 Å². The second kappa shape index (κ2) is 3.91. The lowest BCUT2D eigenvalue weighted by atomic mass is 10.4. The summed E-state index contributed by atoms with van der Waals surface area (Å²) in [7, 11) is -3.08. The standard InChI is InChI=1S/C6H12ClNO3S/c7-4-6(9)5-8-2-1-3-12(8,10)11/h6,9H,1-5H2. The number of alkyl halides is 1. The van der Waals surface area contributed by atoms with Crippen molar-refractivity contribution in [3.8, 4) is 0 Å². The van der Waals surface area contributed by atoms with Crippen LogP contribution < -0.4 is 0 Å². The maximum absolute atomic E-state index is 11.2. The van der Waals surface area contributed by atoms with Crippen molar-refractivity contribution < 1.29 is 13.5 Å². The lowest BCUT2D eigenvalue weighted by Crippen LogP contribution is -2.34. The number of sulfonamides is 1. The summed E-state index contributed by atoms with van der Waals surface area (Å²) in [4.78, 5) is 0. The predicted octanol–water partition coefficient (Wildman–Crippen LogP) is -0.378. The molecule has 4 nitrogen and oxygen atoms in total. The van der Waals surface area contributed by atoms with Gasteiger partial charge in [-0.2, -0.15) is 4.31 Å². The van der Waals surface area contributed by atoms with Crippen LogP contribution in [0.5, 0.6) is 0 Å². The van der Waals surface area contributed by atoms with Crippen molar-refractivity contribution in [3.05, 3.63) is 0 Å². The number of hydrogen-bond donors (Lipinski definition) is 1. The maximum atomic E-state index is 11.2. The summed E-state index contributed by atoms with van der Waals surface area (Å²) in [6.07, 6.45) is -0.100. The summed E-state index contributed by atoms with van der Waals surface area (Å²) in [5.41, 5.74) is 0. The fourth-order valence-corrected chi connectivity index (χ4v) is 2.84. The van der Waals surface area contributed by atoms with Gasteiger partial charge in [-0.15, -0.1) is 11.6 Å². The summed E-state index contributed by atoms with van der Waals surface area (Å²) < 4.78 is 23.7. The van der Waals surface area contributed by atoms with Gasteiger partial charge in [-0.25, -0.2) is 8.42 Å². The molecule has 1 heterocycles. The molecule has 72 valence electrons. The first-order valence-corrected chi connectivity index (χ1v) is 5.92. The molecule has 0 amide bonds. The molecule has 0 saturated carbocycles. The number of aliphatic hydroxyl groups excluding tert-OH is 1. The molecule has 1 N–H and O–H groups in total. The van der Waals surface area contributed by atoms with Gasteiger partial charge in [0.25, 0.3) is 0 Å². The van der Waals surface area contributed by atoms with E-state index in [0.29, 0.717) is 13.0 Å². The Kier molecular flexibility index (Phi) is 3.34. The van der Waals surface area contributed by atoms with Gasteiger partial charge in [0.05, 0.1) is 11.9 Å². The summed E-state index contributed by atoms with van der Waals surface area (Å²) in [5, 5.41) is 9.11. The van der Waals surface area contributed by atoms with E-state index in [1.807, 2.05) is 0 Å². The molecule has 1 saturated heterocycles. The molecular formula is C6H12ClNO3S. The van der Waals surface area contributed by atoms with Crippen LogP contribution in [0.15, 0.2) is 0 Å². The Morgan fingerprint density at radius 3 is 2.67 bits per heavy atom.